The standard InChI is InChI=1S/C12H19N3O4S/c1-9-11(10(2)19-13-9)8-12(16)14-4-6-15(7-5-14)20(3,17)18/h4-8H2,1-3H3. The van der Waals surface area contributed by atoms with Gasteiger partial charge in [0.25, 0.3) is 0 Å². The van der Waals surface area contributed by atoms with Crippen LogP contribution in [0.2, 0.25) is 0 Å². The first-order valence-electron chi connectivity index (χ1n) is 6.43. The summed E-state index contributed by atoms with van der Waals surface area (Å²) in [6.07, 6.45) is 1.44. The van der Waals surface area contributed by atoms with Crippen LogP contribution in [0.1, 0.15) is 17.0 Å². The van der Waals surface area contributed by atoms with E-state index in [1.807, 2.05) is 0 Å². The van der Waals surface area contributed by atoms with Crippen molar-refractivity contribution in [3.63, 3.8) is 0 Å². The number of hydrogen-bond acceptors (Lipinski definition) is 5. The second-order valence-corrected chi connectivity index (χ2v) is 7.00. The zero-order chi connectivity index (χ0) is 14.9. The number of amides is 1. The summed E-state index contributed by atoms with van der Waals surface area (Å²) in [5.74, 6) is 0.637. The van der Waals surface area contributed by atoms with Gasteiger partial charge in [0.15, 0.2) is 0 Å². The Balaban J connectivity index is 1.96. The van der Waals surface area contributed by atoms with Crippen molar-refractivity contribution in [3.05, 3.63) is 17.0 Å². The summed E-state index contributed by atoms with van der Waals surface area (Å²) in [5.41, 5.74) is 1.55. The van der Waals surface area contributed by atoms with Crippen molar-refractivity contribution in [2.75, 3.05) is 32.4 Å². The molecule has 0 N–H and O–H groups in total. The zero-order valence-electron chi connectivity index (χ0n) is 11.9. The van der Waals surface area contributed by atoms with E-state index in [0.29, 0.717) is 31.9 Å². The van der Waals surface area contributed by atoms with E-state index in [-0.39, 0.29) is 12.3 Å². The largest absolute Gasteiger partial charge is 0.361 e. The van der Waals surface area contributed by atoms with Gasteiger partial charge < -0.3 is 9.42 Å². The second kappa shape index (κ2) is 5.53. The summed E-state index contributed by atoms with van der Waals surface area (Å²) in [5, 5.41) is 3.83. The Kier molecular flexibility index (Phi) is 4.14. The average Bonchev–Trinajstić information content (AvgIpc) is 2.69. The second-order valence-electron chi connectivity index (χ2n) is 5.02. The Bertz CT molecular complexity index is 581. The van der Waals surface area contributed by atoms with E-state index >= 15 is 0 Å². The van der Waals surface area contributed by atoms with Crippen LogP contribution in [0.5, 0.6) is 0 Å². The quantitative estimate of drug-likeness (QED) is 0.781. The molecule has 2 rings (SSSR count). The van der Waals surface area contributed by atoms with Crippen LogP contribution in [0.25, 0.3) is 0 Å². The molecule has 1 aromatic rings. The fourth-order valence-corrected chi connectivity index (χ4v) is 3.11. The highest BCUT2D eigenvalue weighted by Gasteiger charge is 2.26. The molecule has 0 saturated carbocycles. The smallest absolute Gasteiger partial charge is 0.227 e. The van der Waals surface area contributed by atoms with Gasteiger partial charge in [0.2, 0.25) is 15.9 Å². The first-order chi connectivity index (χ1) is 9.29. The van der Waals surface area contributed by atoms with Gasteiger partial charge in [0.05, 0.1) is 18.4 Å². The predicted molar refractivity (Wildman–Crippen MR) is 72.7 cm³/mol. The van der Waals surface area contributed by atoms with Gasteiger partial charge in [-0.15, -0.1) is 0 Å². The lowest BCUT2D eigenvalue weighted by atomic mass is 10.1. The highest BCUT2D eigenvalue weighted by molar-refractivity contribution is 7.88. The van der Waals surface area contributed by atoms with Crippen molar-refractivity contribution in [1.29, 1.82) is 0 Å². The Morgan fingerprint density at radius 2 is 1.85 bits per heavy atom. The number of carbonyl (C=O) groups is 1. The number of rotatable bonds is 3. The fourth-order valence-electron chi connectivity index (χ4n) is 2.29. The summed E-state index contributed by atoms with van der Waals surface area (Å²) in [6, 6.07) is 0. The van der Waals surface area contributed by atoms with E-state index in [1.54, 1.807) is 18.7 Å². The van der Waals surface area contributed by atoms with Crippen molar-refractivity contribution in [1.82, 2.24) is 14.4 Å². The molecule has 0 aromatic carbocycles. The molecule has 20 heavy (non-hydrogen) atoms. The fraction of sp³-hybridized carbons (Fsp3) is 0.667. The molecule has 1 aliphatic rings. The van der Waals surface area contributed by atoms with Gasteiger partial charge in [0.1, 0.15) is 5.76 Å². The molecule has 0 bridgehead atoms. The summed E-state index contributed by atoms with van der Waals surface area (Å²) in [6.45, 7) is 5.15. The van der Waals surface area contributed by atoms with Gasteiger partial charge in [-0.1, -0.05) is 5.16 Å². The Morgan fingerprint density at radius 3 is 2.30 bits per heavy atom. The van der Waals surface area contributed by atoms with Crippen LogP contribution in [-0.4, -0.2) is 61.1 Å². The minimum atomic E-state index is -3.17. The SMILES string of the molecule is Cc1noc(C)c1CC(=O)N1CCN(S(C)(=O)=O)CC1. The monoisotopic (exact) mass is 301 g/mol. The molecule has 2 heterocycles. The van der Waals surface area contributed by atoms with Crippen LogP contribution in [0.4, 0.5) is 0 Å². The highest BCUT2D eigenvalue weighted by atomic mass is 32.2. The van der Waals surface area contributed by atoms with Gasteiger partial charge in [0, 0.05) is 31.7 Å². The van der Waals surface area contributed by atoms with Gasteiger partial charge in [-0.3, -0.25) is 4.79 Å². The molecule has 112 valence electrons. The molecule has 0 spiro atoms. The van der Waals surface area contributed by atoms with Crippen LogP contribution in [0.15, 0.2) is 4.52 Å². The molecule has 1 saturated heterocycles. The molecule has 1 fully saturated rings. The number of aryl methyl sites for hydroxylation is 2. The molecule has 1 aliphatic heterocycles. The van der Waals surface area contributed by atoms with E-state index in [9.17, 15) is 13.2 Å². The van der Waals surface area contributed by atoms with Crippen molar-refractivity contribution >= 4 is 15.9 Å². The van der Waals surface area contributed by atoms with Crippen LogP contribution < -0.4 is 0 Å². The lowest BCUT2D eigenvalue weighted by Gasteiger charge is -2.33. The highest BCUT2D eigenvalue weighted by Crippen LogP contribution is 2.15. The lowest BCUT2D eigenvalue weighted by Crippen LogP contribution is -2.50. The lowest BCUT2D eigenvalue weighted by molar-refractivity contribution is -0.131. The molecule has 0 atom stereocenters. The van der Waals surface area contributed by atoms with Crippen LogP contribution in [-0.2, 0) is 21.2 Å². The van der Waals surface area contributed by atoms with E-state index in [0.717, 1.165) is 11.3 Å². The van der Waals surface area contributed by atoms with Crippen molar-refractivity contribution < 1.29 is 17.7 Å². The maximum absolute atomic E-state index is 12.2. The summed E-state index contributed by atoms with van der Waals surface area (Å²) in [4.78, 5) is 13.9. The average molecular weight is 301 g/mol. The van der Waals surface area contributed by atoms with E-state index in [1.165, 1.54) is 10.6 Å². The molecule has 0 aliphatic carbocycles. The maximum atomic E-state index is 12.2. The summed E-state index contributed by atoms with van der Waals surface area (Å²) >= 11 is 0. The maximum Gasteiger partial charge on any atom is 0.227 e. The third-order valence-electron chi connectivity index (χ3n) is 3.57. The number of sulfonamides is 1. The van der Waals surface area contributed by atoms with Crippen LogP contribution in [0, 0.1) is 13.8 Å². The normalized spacial score (nSPS) is 17.4. The Labute approximate surface area is 118 Å². The van der Waals surface area contributed by atoms with Crippen molar-refractivity contribution in [2.24, 2.45) is 0 Å². The van der Waals surface area contributed by atoms with Crippen LogP contribution >= 0.6 is 0 Å². The first kappa shape index (κ1) is 15.0. The Morgan fingerprint density at radius 1 is 1.25 bits per heavy atom. The predicted octanol–water partition coefficient (Wildman–Crippen LogP) is -0.0623. The van der Waals surface area contributed by atoms with E-state index in [2.05, 4.69) is 5.16 Å². The molecule has 0 unspecified atom stereocenters. The molecule has 1 aromatic heterocycles. The van der Waals surface area contributed by atoms with E-state index in [4.69, 9.17) is 4.52 Å². The van der Waals surface area contributed by atoms with E-state index < -0.39 is 10.0 Å². The molecule has 8 heteroatoms. The van der Waals surface area contributed by atoms with Gasteiger partial charge >= 0.3 is 0 Å². The first-order valence-corrected chi connectivity index (χ1v) is 8.28. The number of carbonyl (C=O) groups excluding carboxylic acids is 1. The number of aromatic nitrogens is 1. The van der Waals surface area contributed by atoms with Crippen molar-refractivity contribution in [2.45, 2.75) is 20.3 Å². The number of hydrogen-bond donors (Lipinski definition) is 0. The zero-order valence-corrected chi connectivity index (χ0v) is 12.7. The third kappa shape index (κ3) is 3.18. The molecule has 7 nitrogen and oxygen atoms in total. The third-order valence-corrected chi connectivity index (χ3v) is 4.87. The number of nitrogens with zero attached hydrogens (tertiary/aromatic N) is 3. The van der Waals surface area contributed by atoms with Crippen LogP contribution in [0.3, 0.4) is 0 Å². The Hall–Kier alpha value is -1.41. The molecule has 0 radical (unpaired) electrons. The summed E-state index contributed by atoms with van der Waals surface area (Å²) in [7, 11) is -3.17. The molecule has 1 amide bonds. The topological polar surface area (TPSA) is 83.7 Å². The van der Waals surface area contributed by atoms with Gasteiger partial charge in [-0.2, -0.15) is 4.31 Å². The van der Waals surface area contributed by atoms with Gasteiger partial charge in [-0.05, 0) is 13.8 Å². The number of piperazine rings is 1. The minimum Gasteiger partial charge on any atom is -0.361 e. The van der Waals surface area contributed by atoms with Crippen molar-refractivity contribution in [3.8, 4) is 0 Å². The minimum absolute atomic E-state index is 0.0208. The molecular weight excluding hydrogens is 282 g/mol. The van der Waals surface area contributed by atoms with Gasteiger partial charge in [-0.25, -0.2) is 8.42 Å². The summed E-state index contributed by atoms with van der Waals surface area (Å²) < 4.78 is 29.3. The molecular formula is C12H19N3O4S.